The average Bonchev–Trinajstić information content (AvgIpc) is 1.96. The topological polar surface area (TPSA) is 58.6 Å². The Bertz CT molecular complexity index is 196. The van der Waals surface area contributed by atoms with E-state index < -0.39 is 17.8 Å². The molecule has 4 nitrogen and oxygen atoms in total. The van der Waals surface area contributed by atoms with E-state index in [9.17, 15) is 9.90 Å². The summed E-state index contributed by atoms with van der Waals surface area (Å²) in [6.45, 7) is 9.70. The van der Waals surface area contributed by atoms with Gasteiger partial charge in [-0.2, -0.15) is 0 Å². The van der Waals surface area contributed by atoms with Crippen LogP contribution in [0.5, 0.6) is 0 Å². The molecule has 0 bridgehead atoms. The van der Waals surface area contributed by atoms with Gasteiger partial charge in [0.2, 0.25) is 0 Å². The minimum Gasteiger partial charge on any atom is -0.444 e. The number of nitrogens with one attached hydrogen (secondary N) is 1. The highest BCUT2D eigenvalue weighted by atomic mass is 16.6. The van der Waals surface area contributed by atoms with Gasteiger partial charge in [-0.15, -0.1) is 0 Å². The fourth-order valence-electron chi connectivity index (χ4n) is 1.14. The molecule has 2 N–H and O–H groups in total. The van der Waals surface area contributed by atoms with Crippen LogP contribution in [0.1, 0.15) is 41.0 Å². The van der Waals surface area contributed by atoms with Gasteiger partial charge in [0.25, 0.3) is 0 Å². The van der Waals surface area contributed by atoms with Crippen molar-refractivity contribution in [2.75, 3.05) is 6.54 Å². The van der Waals surface area contributed by atoms with Crippen LogP contribution >= 0.6 is 0 Å². The molecule has 1 atom stereocenters. The molecule has 0 heterocycles. The summed E-state index contributed by atoms with van der Waals surface area (Å²) in [5.74, 6) is 0.417. The molecule has 0 saturated heterocycles. The maximum Gasteiger partial charge on any atom is 0.407 e. The number of hydrogen-bond acceptors (Lipinski definition) is 3. The van der Waals surface area contributed by atoms with Crippen molar-refractivity contribution < 1.29 is 14.6 Å². The number of carbonyl (C=O) groups is 1. The second kappa shape index (κ2) is 5.95. The molecule has 4 heteroatoms. The largest absolute Gasteiger partial charge is 0.444 e. The van der Waals surface area contributed by atoms with Crippen LogP contribution in [0.15, 0.2) is 0 Å². The van der Waals surface area contributed by atoms with Crippen LogP contribution < -0.4 is 5.32 Å². The Kier molecular flexibility index (Phi) is 5.65. The van der Waals surface area contributed by atoms with E-state index in [4.69, 9.17) is 4.74 Å². The van der Waals surface area contributed by atoms with Crippen molar-refractivity contribution in [3.8, 4) is 0 Å². The minimum absolute atomic E-state index is 0.243. The molecule has 0 aromatic rings. The Hall–Kier alpha value is -0.770. The van der Waals surface area contributed by atoms with Crippen molar-refractivity contribution in [3.63, 3.8) is 0 Å². The van der Waals surface area contributed by atoms with E-state index >= 15 is 0 Å². The molecule has 0 aliphatic carbocycles. The molecule has 0 rings (SSSR count). The first-order chi connectivity index (χ1) is 6.70. The number of carbonyl (C=O) groups excluding carboxylic acids is 1. The summed E-state index contributed by atoms with van der Waals surface area (Å²) in [6.07, 6.45) is -0.307. The van der Waals surface area contributed by atoms with Crippen LogP contribution in [0.3, 0.4) is 0 Å². The molecule has 0 aromatic carbocycles. The number of rotatable bonds is 4. The lowest BCUT2D eigenvalue weighted by molar-refractivity contribution is 0.0482. The van der Waals surface area contributed by atoms with E-state index in [-0.39, 0.29) is 6.54 Å². The first kappa shape index (κ1) is 14.2. The summed E-state index contributed by atoms with van der Waals surface area (Å²) in [7, 11) is 0. The molecule has 0 aromatic heterocycles. The van der Waals surface area contributed by atoms with Crippen molar-refractivity contribution in [1.82, 2.24) is 5.32 Å². The molecule has 0 aliphatic rings. The molecule has 0 saturated carbocycles. The predicted molar refractivity (Wildman–Crippen MR) is 59.7 cm³/mol. The van der Waals surface area contributed by atoms with Gasteiger partial charge in [-0.25, -0.2) is 4.79 Å². The van der Waals surface area contributed by atoms with Crippen molar-refractivity contribution in [3.05, 3.63) is 0 Å². The number of hydrogen-bond donors (Lipinski definition) is 2. The third-order valence-electron chi connectivity index (χ3n) is 1.62. The average molecular weight is 217 g/mol. The molecule has 15 heavy (non-hydrogen) atoms. The molecule has 0 unspecified atom stereocenters. The van der Waals surface area contributed by atoms with Crippen LogP contribution in [0.25, 0.3) is 0 Å². The van der Waals surface area contributed by atoms with E-state index in [0.717, 1.165) is 0 Å². The molecule has 1 amide bonds. The fraction of sp³-hybridized carbons (Fsp3) is 0.909. The zero-order chi connectivity index (χ0) is 12.1. The van der Waals surface area contributed by atoms with Crippen molar-refractivity contribution in [2.24, 2.45) is 5.92 Å². The highest BCUT2D eigenvalue weighted by molar-refractivity contribution is 5.67. The summed E-state index contributed by atoms with van der Waals surface area (Å²) in [5.41, 5.74) is -0.493. The van der Waals surface area contributed by atoms with Crippen molar-refractivity contribution in [2.45, 2.75) is 52.7 Å². The second-order valence-electron chi connectivity index (χ2n) is 5.17. The Morgan fingerprint density at radius 3 is 2.33 bits per heavy atom. The molecule has 0 radical (unpaired) electrons. The van der Waals surface area contributed by atoms with Gasteiger partial charge < -0.3 is 15.2 Å². The Labute approximate surface area is 92.0 Å². The molecule has 0 fully saturated rings. The Morgan fingerprint density at radius 2 is 1.93 bits per heavy atom. The zero-order valence-electron chi connectivity index (χ0n) is 10.3. The maximum atomic E-state index is 11.2. The van der Waals surface area contributed by atoms with Gasteiger partial charge in [0.05, 0.1) is 6.10 Å². The molecule has 0 aliphatic heterocycles. The summed E-state index contributed by atoms with van der Waals surface area (Å²) < 4.78 is 5.03. The lowest BCUT2D eigenvalue weighted by atomic mass is 10.1. The van der Waals surface area contributed by atoms with Crippen LogP contribution in [-0.2, 0) is 4.74 Å². The highest BCUT2D eigenvalue weighted by Crippen LogP contribution is 2.07. The highest BCUT2D eigenvalue weighted by Gasteiger charge is 2.16. The molecule has 0 spiro atoms. The van der Waals surface area contributed by atoms with Gasteiger partial charge in [0, 0.05) is 6.54 Å². The van der Waals surface area contributed by atoms with Gasteiger partial charge in [0.15, 0.2) is 0 Å². The van der Waals surface area contributed by atoms with Gasteiger partial charge >= 0.3 is 6.09 Å². The number of ether oxygens (including phenoxy) is 1. The third-order valence-corrected chi connectivity index (χ3v) is 1.62. The number of amides is 1. The van der Waals surface area contributed by atoms with Crippen molar-refractivity contribution in [1.29, 1.82) is 0 Å². The monoisotopic (exact) mass is 217 g/mol. The standard InChI is InChI=1S/C11H23NO3/c1-8(2)6-9(13)7-12-10(14)15-11(3,4)5/h8-9,13H,6-7H2,1-5H3,(H,12,14)/t9-/m0/s1. The maximum absolute atomic E-state index is 11.2. The van der Waals surface area contributed by atoms with E-state index in [1.807, 2.05) is 13.8 Å². The van der Waals surface area contributed by atoms with Crippen LogP contribution in [0.2, 0.25) is 0 Å². The minimum atomic E-state index is -0.502. The van der Waals surface area contributed by atoms with Gasteiger partial charge in [-0.05, 0) is 33.1 Å². The van der Waals surface area contributed by atoms with Crippen molar-refractivity contribution >= 4 is 6.09 Å². The fourth-order valence-corrected chi connectivity index (χ4v) is 1.14. The number of aliphatic hydroxyl groups excluding tert-OH is 1. The quantitative estimate of drug-likeness (QED) is 0.756. The van der Waals surface area contributed by atoms with E-state index in [1.54, 1.807) is 20.8 Å². The molecular weight excluding hydrogens is 194 g/mol. The summed E-state index contributed by atoms with van der Waals surface area (Å²) in [5, 5.41) is 12.0. The number of alkyl carbamates (subject to hydrolysis) is 1. The smallest absolute Gasteiger partial charge is 0.407 e. The predicted octanol–water partition coefficient (Wildman–Crippen LogP) is 1.92. The first-order valence-electron chi connectivity index (χ1n) is 5.35. The van der Waals surface area contributed by atoms with Gasteiger partial charge in [-0.1, -0.05) is 13.8 Å². The van der Waals surface area contributed by atoms with Crippen LogP contribution in [0, 0.1) is 5.92 Å². The normalized spacial score (nSPS) is 13.8. The molecule has 90 valence electrons. The number of aliphatic hydroxyl groups is 1. The Balaban J connectivity index is 3.72. The SMILES string of the molecule is CC(C)C[C@H](O)CNC(=O)OC(C)(C)C. The van der Waals surface area contributed by atoms with E-state index in [2.05, 4.69) is 5.32 Å². The van der Waals surface area contributed by atoms with Gasteiger partial charge in [-0.3, -0.25) is 0 Å². The lowest BCUT2D eigenvalue weighted by Crippen LogP contribution is -2.37. The summed E-state index contributed by atoms with van der Waals surface area (Å²) >= 11 is 0. The van der Waals surface area contributed by atoms with Gasteiger partial charge in [0.1, 0.15) is 5.60 Å². The lowest BCUT2D eigenvalue weighted by Gasteiger charge is -2.20. The van der Waals surface area contributed by atoms with Crippen LogP contribution in [0.4, 0.5) is 4.79 Å². The molecular formula is C11H23NO3. The summed E-state index contributed by atoms with van der Waals surface area (Å²) in [6, 6.07) is 0. The zero-order valence-corrected chi connectivity index (χ0v) is 10.3. The van der Waals surface area contributed by atoms with E-state index in [1.165, 1.54) is 0 Å². The van der Waals surface area contributed by atoms with Crippen LogP contribution in [-0.4, -0.2) is 29.4 Å². The van der Waals surface area contributed by atoms with E-state index in [0.29, 0.717) is 12.3 Å². The second-order valence-corrected chi connectivity index (χ2v) is 5.17. The Morgan fingerprint density at radius 1 is 1.40 bits per heavy atom. The first-order valence-corrected chi connectivity index (χ1v) is 5.35. The summed E-state index contributed by atoms with van der Waals surface area (Å²) in [4.78, 5) is 11.2. The third kappa shape index (κ3) is 9.53.